The number of cyclic esters (lactones) is 1. The Kier molecular flexibility index (Phi) is 18.0. The number of carbonyl (C=O) groups excluding carboxylic acids is 1. The highest BCUT2D eigenvalue weighted by Gasteiger charge is 2.40. The van der Waals surface area contributed by atoms with Crippen LogP contribution >= 0.6 is 0 Å². The molecule has 45 heavy (non-hydrogen) atoms. The second-order valence-corrected chi connectivity index (χ2v) is 14.7. The zero-order valence-corrected chi connectivity index (χ0v) is 29.3. The van der Waals surface area contributed by atoms with Crippen molar-refractivity contribution in [3.8, 4) is 0 Å². The fourth-order valence-electron chi connectivity index (χ4n) is 7.41. The fraction of sp³-hybridized carbons (Fsp3) is 0.921. The molecule has 7 atom stereocenters. The molecular weight excluding hydrogens is 568 g/mol. The Morgan fingerprint density at radius 1 is 0.778 bits per heavy atom. The second kappa shape index (κ2) is 21.1. The van der Waals surface area contributed by atoms with Crippen LogP contribution in [0.4, 0.5) is 0 Å². The molecule has 2 saturated heterocycles. The predicted octanol–water partition coefficient (Wildman–Crippen LogP) is 8.86. The third-order valence-corrected chi connectivity index (χ3v) is 9.95. The highest BCUT2D eigenvalue weighted by Crippen LogP contribution is 2.34. The van der Waals surface area contributed by atoms with Gasteiger partial charge in [0.1, 0.15) is 6.10 Å². The number of ether oxygens (including phenoxy) is 4. The van der Waals surface area contributed by atoms with E-state index in [4.69, 9.17) is 18.9 Å². The summed E-state index contributed by atoms with van der Waals surface area (Å²) >= 11 is 0. The van der Waals surface area contributed by atoms with Gasteiger partial charge >= 0.3 is 5.97 Å². The molecular formula is C38H68O7. The van der Waals surface area contributed by atoms with E-state index in [2.05, 4.69) is 6.92 Å². The fourth-order valence-corrected chi connectivity index (χ4v) is 7.41. The summed E-state index contributed by atoms with van der Waals surface area (Å²) in [6, 6.07) is 0. The molecule has 262 valence electrons. The average molecular weight is 637 g/mol. The van der Waals surface area contributed by atoms with Gasteiger partial charge < -0.3 is 29.2 Å². The molecule has 7 heteroatoms. The minimum Gasteiger partial charge on any atom is -0.455 e. The zero-order chi connectivity index (χ0) is 32.5. The first-order valence-electron chi connectivity index (χ1n) is 19.0. The van der Waals surface area contributed by atoms with Crippen LogP contribution in [0.15, 0.2) is 11.6 Å². The van der Waals surface area contributed by atoms with Gasteiger partial charge in [0.25, 0.3) is 0 Å². The normalized spacial score (nSPS) is 27.6. The Balaban J connectivity index is 1.10. The van der Waals surface area contributed by atoms with Crippen LogP contribution in [-0.4, -0.2) is 64.7 Å². The van der Waals surface area contributed by atoms with E-state index in [0.29, 0.717) is 18.1 Å². The van der Waals surface area contributed by atoms with Crippen molar-refractivity contribution in [1.82, 2.24) is 0 Å². The molecule has 3 heterocycles. The zero-order valence-electron chi connectivity index (χ0n) is 29.3. The van der Waals surface area contributed by atoms with E-state index in [9.17, 15) is 15.0 Å². The van der Waals surface area contributed by atoms with Gasteiger partial charge in [0.05, 0.1) is 36.6 Å². The van der Waals surface area contributed by atoms with Gasteiger partial charge in [0.15, 0.2) is 5.79 Å². The van der Waals surface area contributed by atoms with Crippen LogP contribution in [-0.2, 0) is 23.7 Å². The molecule has 7 nitrogen and oxygen atoms in total. The Morgan fingerprint density at radius 2 is 1.33 bits per heavy atom. The van der Waals surface area contributed by atoms with Gasteiger partial charge in [-0.15, -0.1) is 0 Å². The largest absolute Gasteiger partial charge is 0.455 e. The lowest BCUT2D eigenvalue weighted by Gasteiger charge is -2.19. The number of unbranched alkanes of at least 4 members (excludes halogenated alkanes) is 12. The van der Waals surface area contributed by atoms with Gasteiger partial charge in [-0.2, -0.15) is 0 Å². The summed E-state index contributed by atoms with van der Waals surface area (Å²) in [6.45, 7) is 8.17. The maximum Gasteiger partial charge on any atom is 0.334 e. The molecule has 0 amide bonds. The van der Waals surface area contributed by atoms with Gasteiger partial charge in [0, 0.05) is 12.0 Å². The number of hydrogen-bond acceptors (Lipinski definition) is 7. The molecule has 0 bridgehead atoms. The number of hydrogen-bond donors (Lipinski definition) is 2. The predicted molar refractivity (Wildman–Crippen MR) is 180 cm³/mol. The van der Waals surface area contributed by atoms with Crippen molar-refractivity contribution < 1.29 is 34.0 Å². The molecule has 3 rings (SSSR count). The van der Waals surface area contributed by atoms with E-state index in [1.807, 2.05) is 26.8 Å². The molecule has 2 fully saturated rings. The molecule has 0 aliphatic carbocycles. The van der Waals surface area contributed by atoms with E-state index in [0.717, 1.165) is 77.0 Å². The lowest BCUT2D eigenvalue weighted by molar-refractivity contribution is -0.147. The minimum atomic E-state index is -0.452. The summed E-state index contributed by atoms with van der Waals surface area (Å²) < 4.78 is 23.7. The first-order chi connectivity index (χ1) is 21.7. The third kappa shape index (κ3) is 15.2. The van der Waals surface area contributed by atoms with E-state index in [1.54, 1.807) is 0 Å². The van der Waals surface area contributed by atoms with Gasteiger partial charge in [-0.05, 0) is 71.8 Å². The Hall–Kier alpha value is -0.990. The van der Waals surface area contributed by atoms with Crippen molar-refractivity contribution in [3.63, 3.8) is 0 Å². The molecule has 0 spiro atoms. The van der Waals surface area contributed by atoms with E-state index >= 15 is 0 Å². The van der Waals surface area contributed by atoms with Crippen LogP contribution in [0, 0.1) is 0 Å². The van der Waals surface area contributed by atoms with Crippen LogP contribution in [0.3, 0.4) is 0 Å². The van der Waals surface area contributed by atoms with Crippen molar-refractivity contribution in [2.75, 3.05) is 0 Å². The molecule has 0 saturated carbocycles. The average Bonchev–Trinajstić information content (AvgIpc) is 3.67. The van der Waals surface area contributed by atoms with Crippen molar-refractivity contribution in [1.29, 1.82) is 0 Å². The Morgan fingerprint density at radius 3 is 1.93 bits per heavy atom. The number of aliphatic hydroxyl groups is 2. The molecule has 3 aliphatic heterocycles. The summed E-state index contributed by atoms with van der Waals surface area (Å²) in [4.78, 5) is 11.7. The number of aliphatic hydroxyl groups excluding tert-OH is 2. The van der Waals surface area contributed by atoms with Crippen LogP contribution in [0.2, 0.25) is 0 Å². The van der Waals surface area contributed by atoms with Crippen LogP contribution in [0.25, 0.3) is 0 Å². The number of rotatable bonds is 25. The van der Waals surface area contributed by atoms with Crippen LogP contribution in [0.1, 0.15) is 175 Å². The first-order valence-corrected chi connectivity index (χ1v) is 19.0. The first kappa shape index (κ1) is 38.5. The summed E-state index contributed by atoms with van der Waals surface area (Å²) in [5, 5.41) is 21.0. The van der Waals surface area contributed by atoms with Gasteiger partial charge in [-0.25, -0.2) is 4.79 Å². The Labute approximate surface area is 275 Å². The maximum atomic E-state index is 11.7. The Bertz CT molecular complexity index is 842. The summed E-state index contributed by atoms with van der Waals surface area (Å²) in [7, 11) is 0. The SMILES string of the molecule is CCCCCC1OC(C)(C)OC1CCCCCC[C@H](O)[C@@H]1CC[C@@H](CCCCCCCCCC[C@@H](O)CC2=C[C@H](C)OC2=O)O1. The smallest absolute Gasteiger partial charge is 0.334 e. The molecule has 0 aromatic rings. The topological polar surface area (TPSA) is 94.5 Å². The molecule has 2 unspecified atom stereocenters. The molecule has 0 aromatic heterocycles. The van der Waals surface area contributed by atoms with Gasteiger partial charge in [0.2, 0.25) is 0 Å². The highest BCUT2D eigenvalue weighted by molar-refractivity contribution is 5.90. The standard InChI is InChI=1S/C38H68O7/c1-5-6-15-23-35-36(45-38(3,4)44-35)24-19-14-13-18-22-33(40)34-26-25-32(43-34)21-17-12-10-8-7-9-11-16-20-31(39)28-30-27-29(2)42-37(30)41/h27,29,31-36,39-40H,5-26,28H2,1-4H3/t29-,31+,32+,33-,34-,35?,36?/m0/s1. The molecule has 0 aromatic carbocycles. The van der Waals surface area contributed by atoms with E-state index in [-0.39, 0.29) is 36.5 Å². The molecule has 2 N–H and O–H groups in total. The van der Waals surface area contributed by atoms with Crippen LogP contribution < -0.4 is 0 Å². The van der Waals surface area contributed by atoms with E-state index < -0.39 is 11.9 Å². The number of esters is 1. The second-order valence-electron chi connectivity index (χ2n) is 14.7. The lowest BCUT2D eigenvalue weighted by atomic mass is 9.99. The molecule has 3 aliphatic rings. The quantitative estimate of drug-likeness (QED) is 0.0764. The van der Waals surface area contributed by atoms with Crippen molar-refractivity contribution >= 4 is 5.97 Å². The lowest BCUT2D eigenvalue weighted by Crippen LogP contribution is -2.26. The van der Waals surface area contributed by atoms with E-state index in [1.165, 1.54) is 64.2 Å². The van der Waals surface area contributed by atoms with Crippen molar-refractivity contribution in [3.05, 3.63) is 11.6 Å². The third-order valence-electron chi connectivity index (χ3n) is 9.95. The maximum absolute atomic E-state index is 11.7. The summed E-state index contributed by atoms with van der Waals surface area (Å²) in [6.07, 6.45) is 27.0. The summed E-state index contributed by atoms with van der Waals surface area (Å²) in [5.41, 5.74) is 0.628. The van der Waals surface area contributed by atoms with Gasteiger partial charge in [-0.3, -0.25) is 0 Å². The van der Waals surface area contributed by atoms with Crippen molar-refractivity contribution in [2.45, 2.75) is 224 Å². The van der Waals surface area contributed by atoms with Gasteiger partial charge in [-0.1, -0.05) is 103 Å². The van der Waals surface area contributed by atoms with Crippen molar-refractivity contribution in [2.24, 2.45) is 0 Å². The summed E-state index contributed by atoms with van der Waals surface area (Å²) in [5.74, 6) is -0.723. The van der Waals surface area contributed by atoms with Crippen LogP contribution in [0.5, 0.6) is 0 Å². The molecule has 0 radical (unpaired) electrons. The number of carbonyl (C=O) groups is 1. The monoisotopic (exact) mass is 636 g/mol. The minimum absolute atomic E-state index is 0.0240. The highest BCUT2D eigenvalue weighted by atomic mass is 16.7.